The van der Waals surface area contributed by atoms with E-state index < -0.39 is 0 Å². The molecule has 0 heterocycles. The number of nitrogens with two attached hydrogens (primary N) is 1. The van der Waals surface area contributed by atoms with E-state index in [4.69, 9.17) is 5.73 Å². The minimum atomic E-state index is -0.126. The summed E-state index contributed by atoms with van der Waals surface area (Å²) in [5, 5.41) is 2.96. The molecule has 0 saturated heterocycles. The Bertz CT molecular complexity index is 455. The quantitative estimate of drug-likeness (QED) is 0.798. The topological polar surface area (TPSA) is 55.1 Å². The molecular weight excluding hydrogens is 296 g/mol. The van der Waals surface area contributed by atoms with Crippen LogP contribution in [0, 0.1) is 5.92 Å². The number of benzene rings is 1. The largest absolute Gasteiger partial charge is 0.354 e. The van der Waals surface area contributed by atoms with Crippen molar-refractivity contribution in [3.63, 3.8) is 0 Å². The first-order valence-electron chi connectivity index (χ1n) is 8.18. The van der Waals surface area contributed by atoms with Gasteiger partial charge in [0, 0.05) is 19.0 Å². The molecular formula is C18H29ClN2O. The summed E-state index contributed by atoms with van der Waals surface area (Å²) in [4.78, 5) is 11.8. The maximum atomic E-state index is 11.8. The van der Waals surface area contributed by atoms with Crippen molar-refractivity contribution < 1.29 is 4.79 Å². The van der Waals surface area contributed by atoms with Gasteiger partial charge < -0.3 is 11.1 Å². The van der Waals surface area contributed by atoms with Crippen molar-refractivity contribution in [2.24, 2.45) is 11.7 Å². The van der Waals surface area contributed by atoms with E-state index in [2.05, 4.69) is 43.4 Å². The number of rotatable bonds is 7. The smallest absolute Gasteiger partial charge is 0.220 e. The Morgan fingerprint density at radius 2 is 1.82 bits per heavy atom. The number of halogens is 1. The fourth-order valence-corrected chi connectivity index (χ4v) is 2.67. The van der Waals surface area contributed by atoms with E-state index in [9.17, 15) is 4.79 Å². The van der Waals surface area contributed by atoms with Crippen molar-refractivity contribution in [3.05, 3.63) is 35.4 Å². The second kappa shape index (κ2) is 9.16. The fourth-order valence-electron chi connectivity index (χ4n) is 2.67. The Morgan fingerprint density at radius 1 is 1.23 bits per heavy atom. The first kappa shape index (κ1) is 19.0. The van der Waals surface area contributed by atoms with Gasteiger partial charge in [-0.1, -0.05) is 57.4 Å². The third-order valence-corrected chi connectivity index (χ3v) is 4.55. The monoisotopic (exact) mass is 324 g/mol. The molecule has 1 aromatic rings. The first-order valence-corrected chi connectivity index (χ1v) is 8.18. The Labute approximate surface area is 140 Å². The van der Waals surface area contributed by atoms with E-state index in [-0.39, 0.29) is 24.4 Å². The van der Waals surface area contributed by atoms with Gasteiger partial charge in [0.2, 0.25) is 5.91 Å². The summed E-state index contributed by atoms with van der Waals surface area (Å²) in [5.41, 5.74) is 8.55. The lowest BCUT2D eigenvalue weighted by atomic mass is 9.82. The Morgan fingerprint density at radius 3 is 2.32 bits per heavy atom. The van der Waals surface area contributed by atoms with Gasteiger partial charge in [0.25, 0.3) is 0 Å². The van der Waals surface area contributed by atoms with Crippen molar-refractivity contribution in [1.82, 2.24) is 5.32 Å². The summed E-state index contributed by atoms with van der Waals surface area (Å²) in [7, 11) is 0. The number of carbonyl (C=O) groups is 1. The molecule has 22 heavy (non-hydrogen) atoms. The van der Waals surface area contributed by atoms with Crippen molar-refractivity contribution in [2.75, 3.05) is 6.54 Å². The average Bonchev–Trinajstić information content (AvgIpc) is 2.43. The van der Waals surface area contributed by atoms with Crippen LogP contribution < -0.4 is 11.1 Å². The Kier molecular flexibility index (Phi) is 7.91. The first-order chi connectivity index (χ1) is 10.1. The standard InChI is InChI=1S/C18H28N2O.ClH/c1-13(2)15-7-9-16(10-8-15)17(19)12-20-18(21)11-6-14-4-3-5-14;/h7-10,13-14,17H,3-6,11-12,19H2,1-2H3,(H,20,21);1H. The van der Waals surface area contributed by atoms with E-state index in [0.29, 0.717) is 18.9 Å². The summed E-state index contributed by atoms with van der Waals surface area (Å²) in [5.74, 6) is 1.45. The van der Waals surface area contributed by atoms with Crippen LogP contribution in [0.3, 0.4) is 0 Å². The predicted molar refractivity (Wildman–Crippen MR) is 94.3 cm³/mol. The second-order valence-corrected chi connectivity index (χ2v) is 6.57. The van der Waals surface area contributed by atoms with Crippen LogP contribution in [0.2, 0.25) is 0 Å². The number of hydrogen-bond donors (Lipinski definition) is 2. The lowest BCUT2D eigenvalue weighted by Gasteiger charge is -2.24. The molecule has 0 radical (unpaired) electrons. The molecule has 1 aromatic carbocycles. The highest BCUT2D eigenvalue weighted by Crippen LogP contribution is 2.30. The molecule has 1 atom stereocenters. The molecule has 0 aliphatic heterocycles. The summed E-state index contributed by atoms with van der Waals surface area (Å²) >= 11 is 0. The minimum Gasteiger partial charge on any atom is -0.354 e. The summed E-state index contributed by atoms with van der Waals surface area (Å²) < 4.78 is 0. The Hall–Kier alpha value is -1.06. The van der Waals surface area contributed by atoms with Crippen molar-refractivity contribution in [3.8, 4) is 0 Å². The third-order valence-electron chi connectivity index (χ3n) is 4.55. The molecule has 0 aromatic heterocycles. The molecule has 0 spiro atoms. The van der Waals surface area contributed by atoms with Gasteiger partial charge in [0.1, 0.15) is 0 Å². The van der Waals surface area contributed by atoms with Crippen molar-refractivity contribution in [2.45, 2.75) is 57.9 Å². The van der Waals surface area contributed by atoms with Gasteiger partial charge in [0.05, 0.1) is 0 Å². The van der Waals surface area contributed by atoms with Crippen molar-refractivity contribution >= 4 is 18.3 Å². The van der Waals surface area contributed by atoms with Crippen LogP contribution >= 0.6 is 12.4 Å². The molecule has 4 heteroatoms. The van der Waals surface area contributed by atoms with Crippen LogP contribution in [0.25, 0.3) is 0 Å². The summed E-state index contributed by atoms with van der Waals surface area (Å²) in [6.07, 6.45) is 5.61. The molecule has 1 saturated carbocycles. The second-order valence-electron chi connectivity index (χ2n) is 6.57. The molecule has 1 aliphatic rings. The summed E-state index contributed by atoms with van der Waals surface area (Å²) in [6, 6.07) is 8.26. The number of nitrogens with one attached hydrogen (secondary N) is 1. The molecule has 2 rings (SSSR count). The van der Waals surface area contributed by atoms with Gasteiger partial charge in [-0.2, -0.15) is 0 Å². The molecule has 1 fully saturated rings. The summed E-state index contributed by atoms with van der Waals surface area (Å²) in [6.45, 7) is 4.87. The van der Waals surface area contributed by atoms with Crippen LogP contribution in [-0.2, 0) is 4.79 Å². The number of hydrogen-bond acceptors (Lipinski definition) is 2. The van der Waals surface area contributed by atoms with E-state index >= 15 is 0 Å². The van der Waals surface area contributed by atoms with E-state index in [1.807, 2.05) is 0 Å². The van der Waals surface area contributed by atoms with E-state index in [1.54, 1.807) is 0 Å². The number of carbonyl (C=O) groups excluding carboxylic acids is 1. The number of amides is 1. The zero-order valence-electron chi connectivity index (χ0n) is 13.7. The highest BCUT2D eigenvalue weighted by molar-refractivity contribution is 5.85. The third kappa shape index (κ3) is 5.62. The van der Waals surface area contributed by atoms with Crippen LogP contribution in [0.15, 0.2) is 24.3 Å². The molecule has 124 valence electrons. The van der Waals surface area contributed by atoms with Gasteiger partial charge >= 0.3 is 0 Å². The van der Waals surface area contributed by atoms with Gasteiger partial charge in [-0.25, -0.2) is 0 Å². The lowest BCUT2D eigenvalue weighted by Crippen LogP contribution is -2.32. The predicted octanol–water partition coefficient (Wildman–Crippen LogP) is 3.93. The average molecular weight is 325 g/mol. The maximum absolute atomic E-state index is 11.8. The van der Waals surface area contributed by atoms with E-state index in [0.717, 1.165) is 17.9 Å². The SMILES string of the molecule is CC(C)c1ccc(C(N)CNC(=O)CCC2CCC2)cc1.Cl. The Balaban J connectivity index is 0.00000242. The van der Waals surface area contributed by atoms with Gasteiger partial charge in [-0.3, -0.25) is 4.79 Å². The minimum absolute atomic E-state index is 0. The molecule has 0 bridgehead atoms. The normalized spacial score (nSPS) is 15.8. The lowest BCUT2D eigenvalue weighted by molar-refractivity contribution is -0.121. The fraction of sp³-hybridized carbons (Fsp3) is 0.611. The molecule has 3 nitrogen and oxygen atoms in total. The van der Waals surface area contributed by atoms with Gasteiger partial charge in [0.15, 0.2) is 0 Å². The van der Waals surface area contributed by atoms with Crippen LogP contribution in [-0.4, -0.2) is 12.5 Å². The van der Waals surface area contributed by atoms with E-state index in [1.165, 1.54) is 24.8 Å². The molecule has 3 N–H and O–H groups in total. The highest BCUT2D eigenvalue weighted by atomic mass is 35.5. The molecule has 1 unspecified atom stereocenters. The van der Waals surface area contributed by atoms with Crippen LogP contribution in [0.4, 0.5) is 0 Å². The zero-order chi connectivity index (χ0) is 15.2. The van der Waals surface area contributed by atoms with Gasteiger partial charge in [-0.15, -0.1) is 12.4 Å². The molecule has 1 amide bonds. The van der Waals surface area contributed by atoms with Crippen LogP contribution in [0.5, 0.6) is 0 Å². The van der Waals surface area contributed by atoms with Gasteiger partial charge in [-0.05, 0) is 29.4 Å². The zero-order valence-corrected chi connectivity index (χ0v) is 14.5. The van der Waals surface area contributed by atoms with Crippen molar-refractivity contribution in [1.29, 1.82) is 0 Å². The molecule has 1 aliphatic carbocycles. The van der Waals surface area contributed by atoms with Crippen LogP contribution in [0.1, 0.15) is 69.0 Å². The maximum Gasteiger partial charge on any atom is 0.220 e. The highest BCUT2D eigenvalue weighted by Gasteiger charge is 2.18.